The number of hydrogen-bond acceptors (Lipinski definition) is 2. The van der Waals surface area contributed by atoms with E-state index in [4.69, 9.17) is 10.00 Å². The Labute approximate surface area is 114 Å². The lowest BCUT2D eigenvalue weighted by Crippen LogP contribution is -1.98. The first-order valence-corrected chi connectivity index (χ1v) is 6.24. The van der Waals surface area contributed by atoms with Gasteiger partial charge in [-0.2, -0.15) is 5.26 Å². The van der Waals surface area contributed by atoms with Gasteiger partial charge in [-0.1, -0.05) is 24.3 Å². The van der Waals surface area contributed by atoms with Crippen LogP contribution in [-0.2, 0) is 6.61 Å². The van der Waals surface area contributed by atoms with Crippen molar-refractivity contribution in [2.24, 2.45) is 0 Å². The van der Waals surface area contributed by atoms with Gasteiger partial charge in [-0.05, 0) is 46.9 Å². The molecule has 0 heterocycles. The Balaban J connectivity index is 2.10. The third-order valence-electron chi connectivity index (χ3n) is 2.33. The van der Waals surface area contributed by atoms with Gasteiger partial charge < -0.3 is 4.74 Å². The van der Waals surface area contributed by atoms with Gasteiger partial charge in [-0.15, -0.1) is 0 Å². The summed E-state index contributed by atoms with van der Waals surface area (Å²) in [6.07, 6.45) is 0. The van der Waals surface area contributed by atoms with Crippen molar-refractivity contribution in [3.8, 4) is 11.8 Å². The Morgan fingerprint density at radius 2 is 1.94 bits per heavy atom. The van der Waals surface area contributed by atoms with Crippen molar-refractivity contribution in [1.29, 1.82) is 5.26 Å². The first-order chi connectivity index (χ1) is 8.29. The highest BCUT2D eigenvalue weighted by atomic mass is 127. The fourth-order valence-electron chi connectivity index (χ4n) is 1.47. The highest BCUT2D eigenvalue weighted by molar-refractivity contribution is 14.1. The van der Waals surface area contributed by atoms with Crippen LogP contribution in [0.4, 0.5) is 0 Å². The highest BCUT2D eigenvalue weighted by Gasteiger charge is 2.01. The molecule has 0 fully saturated rings. The molecule has 84 valence electrons. The Hall–Kier alpha value is -1.54. The van der Waals surface area contributed by atoms with Crippen molar-refractivity contribution in [2.45, 2.75) is 6.61 Å². The molecule has 0 aliphatic carbocycles. The molecule has 2 nitrogen and oxygen atoms in total. The summed E-state index contributed by atoms with van der Waals surface area (Å²) in [5.41, 5.74) is 1.58. The topological polar surface area (TPSA) is 33.0 Å². The molecule has 0 bridgehead atoms. The molecule has 0 N–H and O–H groups in total. The maximum atomic E-state index is 8.95. The lowest BCUT2D eigenvalue weighted by atomic mass is 10.1. The summed E-state index contributed by atoms with van der Waals surface area (Å²) in [5, 5.41) is 8.95. The van der Waals surface area contributed by atoms with Crippen LogP contribution in [0.2, 0.25) is 0 Å². The minimum Gasteiger partial charge on any atom is -0.489 e. The molecule has 2 aromatic carbocycles. The number of ether oxygens (including phenoxy) is 1. The van der Waals surface area contributed by atoms with Crippen LogP contribution < -0.4 is 4.74 Å². The number of halogens is 1. The maximum absolute atomic E-state index is 8.95. The van der Waals surface area contributed by atoms with E-state index in [-0.39, 0.29) is 0 Å². The van der Waals surface area contributed by atoms with Gasteiger partial charge in [0.1, 0.15) is 12.4 Å². The van der Waals surface area contributed by atoms with Crippen LogP contribution in [0.3, 0.4) is 0 Å². The zero-order valence-corrected chi connectivity index (χ0v) is 11.2. The molecule has 0 saturated carbocycles. The van der Waals surface area contributed by atoms with Gasteiger partial charge in [-0.25, -0.2) is 0 Å². The molecule has 0 amide bonds. The Kier molecular flexibility index (Phi) is 3.99. The van der Waals surface area contributed by atoms with E-state index in [2.05, 4.69) is 28.7 Å². The smallest absolute Gasteiger partial charge is 0.120 e. The maximum Gasteiger partial charge on any atom is 0.120 e. The SMILES string of the molecule is N#Cc1ccccc1COc1cccc(I)c1. The van der Waals surface area contributed by atoms with Crippen molar-refractivity contribution in [3.63, 3.8) is 0 Å². The molecule has 0 aliphatic rings. The molecule has 0 saturated heterocycles. The van der Waals surface area contributed by atoms with Crippen molar-refractivity contribution in [1.82, 2.24) is 0 Å². The molecule has 17 heavy (non-hydrogen) atoms. The number of benzene rings is 2. The van der Waals surface area contributed by atoms with Gasteiger partial charge in [0.05, 0.1) is 11.6 Å². The predicted molar refractivity (Wildman–Crippen MR) is 74.6 cm³/mol. The first-order valence-electron chi connectivity index (χ1n) is 5.16. The summed E-state index contributed by atoms with van der Waals surface area (Å²) in [6, 6.07) is 17.5. The average molecular weight is 335 g/mol. The standard InChI is InChI=1S/C14H10INO/c15-13-6-3-7-14(8-13)17-10-12-5-2-1-4-11(12)9-16/h1-8H,10H2. The molecule has 0 unspecified atom stereocenters. The van der Waals surface area contributed by atoms with Gasteiger partial charge in [0.2, 0.25) is 0 Å². The molecule has 2 aromatic rings. The second-order valence-corrected chi connectivity index (χ2v) is 4.76. The van der Waals surface area contributed by atoms with Crippen LogP contribution in [0, 0.1) is 14.9 Å². The van der Waals surface area contributed by atoms with Crippen LogP contribution in [0.1, 0.15) is 11.1 Å². The lowest BCUT2D eigenvalue weighted by Gasteiger charge is -2.07. The van der Waals surface area contributed by atoms with Crippen molar-refractivity contribution in [3.05, 3.63) is 63.2 Å². The molecular formula is C14H10INO. The van der Waals surface area contributed by atoms with Gasteiger partial charge in [0.25, 0.3) is 0 Å². The molecular weight excluding hydrogens is 325 g/mol. The largest absolute Gasteiger partial charge is 0.489 e. The Morgan fingerprint density at radius 1 is 1.12 bits per heavy atom. The zero-order valence-electron chi connectivity index (χ0n) is 9.06. The van der Waals surface area contributed by atoms with Crippen LogP contribution in [0.15, 0.2) is 48.5 Å². The van der Waals surface area contributed by atoms with E-state index >= 15 is 0 Å². The normalized spacial score (nSPS) is 9.65. The molecule has 0 atom stereocenters. The van der Waals surface area contributed by atoms with Crippen molar-refractivity contribution in [2.75, 3.05) is 0 Å². The molecule has 3 heteroatoms. The monoisotopic (exact) mass is 335 g/mol. The summed E-state index contributed by atoms with van der Waals surface area (Å²) in [5.74, 6) is 0.824. The minimum atomic E-state index is 0.420. The van der Waals surface area contributed by atoms with Crippen molar-refractivity contribution >= 4 is 22.6 Å². The van der Waals surface area contributed by atoms with Crippen LogP contribution in [-0.4, -0.2) is 0 Å². The van der Waals surface area contributed by atoms with Crippen LogP contribution in [0.5, 0.6) is 5.75 Å². The third-order valence-corrected chi connectivity index (χ3v) is 3.00. The first kappa shape index (κ1) is 11.9. The van der Waals surface area contributed by atoms with Gasteiger partial charge in [0, 0.05) is 9.13 Å². The molecule has 0 aliphatic heterocycles. The Morgan fingerprint density at radius 3 is 2.71 bits per heavy atom. The summed E-state index contributed by atoms with van der Waals surface area (Å²) < 4.78 is 6.79. The molecule has 0 aromatic heterocycles. The van der Waals surface area contributed by atoms with E-state index in [1.165, 1.54) is 0 Å². The second-order valence-electron chi connectivity index (χ2n) is 3.52. The van der Waals surface area contributed by atoms with E-state index in [0.29, 0.717) is 12.2 Å². The van der Waals surface area contributed by atoms with Gasteiger partial charge in [-0.3, -0.25) is 0 Å². The fourth-order valence-corrected chi connectivity index (χ4v) is 1.99. The highest BCUT2D eigenvalue weighted by Crippen LogP contribution is 2.17. The number of nitrogens with zero attached hydrogens (tertiary/aromatic N) is 1. The van der Waals surface area contributed by atoms with E-state index in [0.717, 1.165) is 14.9 Å². The zero-order chi connectivity index (χ0) is 12.1. The number of hydrogen-bond donors (Lipinski definition) is 0. The molecule has 2 rings (SSSR count). The van der Waals surface area contributed by atoms with E-state index in [9.17, 15) is 0 Å². The quantitative estimate of drug-likeness (QED) is 0.801. The van der Waals surface area contributed by atoms with Crippen molar-refractivity contribution < 1.29 is 4.74 Å². The summed E-state index contributed by atoms with van der Waals surface area (Å²) in [4.78, 5) is 0. The second kappa shape index (κ2) is 5.69. The third kappa shape index (κ3) is 3.21. The van der Waals surface area contributed by atoms with Crippen LogP contribution >= 0.6 is 22.6 Å². The summed E-state index contributed by atoms with van der Waals surface area (Å²) in [7, 11) is 0. The number of nitriles is 1. The summed E-state index contributed by atoms with van der Waals surface area (Å²) in [6.45, 7) is 0.420. The van der Waals surface area contributed by atoms with Gasteiger partial charge in [0.15, 0.2) is 0 Å². The predicted octanol–water partition coefficient (Wildman–Crippen LogP) is 3.74. The Bertz CT molecular complexity index is 560. The van der Waals surface area contributed by atoms with Crippen LogP contribution in [0.25, 0.3) is 0 Å². The van der Waals surface area contributed by atoms with E-state index < -0.39 is 0 Å². The average Bonchev–Trinajstić information content (AvgIpc) is 2.37. The van der Waals surface area contributed by atoms with Gasteiger partial charge >= 0.3 is 0 Å². The minimum absolute atomic E-state index is 0.420. The molecule has 0 spiro atoms. The van der Waals surface area contributed by atoms with E-state index in [1.54, 1.807) is 6.07 Å². The summed E-state index contributed by atoms with van der Waals surface area (Å²) >= 11 is 2.24. The molecule has 0 radical (unpaired) electrons. The fraction of sp³-hybridized carbons (Fsp3) is 0.0714. The lowest BCUT2D eigenvalue weighted by molar-refractivity contribution is 0.305. The number of rotatable bonds is 3. The van der Waals surface area contributed by atoms with E-state index in [1.807, 2.05) is 42.5 Å².